The van der Waals surface area contributed by atoms with Crippen molar-refractivity contribution in [2.45, 2.75) is 44.6 Å². The third-order valence-electron chi connectivity index (χ3n) is 3.64. The molecule has 3 N–H and O–H groups in total. The van der Waals surface area contributed by atoms with Crippen molar-refractivity contribution >= 4 is 5.97 Å². The number of carbonyl (C=O) groups is 1. The van der Waals surface area contributed by atoms with Crippen LogP contribution in [0.25, 0.3) is 0 Å². The zero-order chi connectivity index (χ0) is 13.4. The summed E-state index contributed by atoms with van der Waals surface area (Å²) in [6, 6.07) is 0. The number of unbranched alkanes of at least 4 members (excludes halogenated alkanes) is 3. The summed E-state index contributed by atoms with van der Waals surface area (Å²) >= 11 is 0. The predicted molar refractivity (Wildman–Crippen MR) is 66.2 cm³/mol. The van der Waals surface area contributed by atoms with Gasteiger partial charge >= 0.3 is 5.97 Å². The highest BCUT2D eigenvalue weighted by atomic mass is 16.5. The first-order chi connectivity index (χ1) is 8.65. The molecule has 1 saturated heterocycles. The van der Waals surface area contributed by atoms with E-state index in [9.17, 15) is 9.90 Å². The first-order valence-corrected chi connectivity index (χ1v) is 6.73. The molecule has 0 saturated carbocycles. The first kappa shape index (κ1) is 15.4. The molecular formula is C13H24O5. The average Bonchev–Trinajstić information content (AvgIpc) is 2.80. The fourth-order valence-corrected chi connectivity index (χ4v) is 2.51. The number of ether oxygens (including phenoxy) is 1. The lowest BCUT2D eigenvalue weighted by atomic mass is 9.87. The number of rotatable bonds is 9. The molecule has 0 aromatic heterocycles. The second-order valence-electron chi connectivity index (χ2n) is 5.06. The van der Waals surface area contributed by atoms with Crippen LogP contribution in [0, 0.1) is 11.8 Å². The number of carboxylic acids is 1. The molecular weight excluding hydrogens is 236 g/mol. The lowest BCUT2D eigenvalue weighted by molar-refractivity contribution is -0.137. The van der Waals surface area contributed by atoms with Gasteiger partial charge in [0.1, 0.15) is 0 Å². The van der Waals surface area contributed by atoms with Crippen molar-refractivity contribution in [3.05, 3.63) is 0 Å². The molecule has 106 valence electrons. The van der Waals surface area contributed by atoms with Crippen molar-refractivity contribution in [3.8, 4) is 0 Å². The number of hydrogen-bond donors (Lipinski definition) is 3. The van der Waals surface area contributed by atoms with Crippen molar-refractivity contribution < 1.29 is 24.9 Å². The fraction of sp³-hybridized carbons (Fsp3) is 0.923. The van der Waals surface area contributed by atoms with Gasteiger partial charge in [0.15, 0.2) is 0 Å². The van der Waals surface area contributed by atoms with Crippen LogP contribution in [0.5, 0.6) is 0 Å². The topological polar surface area (TPSA) is 87.0 Å². The molecule has 1 fully saturated rings. The maximum absolute atomic E-state index is 10.3. The summed E-state index contributed by atoms with van der Waals surface area (Å²) in [4.78, 5) is 10.3. The van der Waals surface area contributed by atoms with E-state index in [0.717, 1.165) is 32.1 Å². The van der Waals surface area contributed by atoms with Gasteiger partial charge in [-0.25, -0.2) is 0 Å². The Morgan fingerprint density at radius 3 is 2.61 bits per heavy atom. The summed E-state index contributed by atoms with van der Waals surface area (Å²) in [7, 11) is 0. The predicted octanol–water partition coefficient (Wildman–Crippen LogP) is 1.03. The van der Waals surface area contributed by atoms with E-state index in [1.165, 1.54) is 0 Å². The van der Waals surface area contributed by atoms with Crippen LogP contribution in [-0.4, -0.2) is 47.2 Å². The standard InChI is InChI=1S/C13H24O5/c14-7-12(15)11-9-18-8-10(11)5-3-1-2-4-6-13(16)17/h10-12,14-15H,1-9H2,(H,16,17)/t10-,11-,12?/m1/s1. The molecule has 5 nitrogen and oxygen atoms in total. The van der Waals surface area contributed by atoms with Gasteiger partial charge in [0.2, 0.25) is 0 Å². The Labute approximate surface area is 108 Å². The van der Waals surface area contributed by atoms with E-state index in [-0.39, 0.29) is 18.9 Å². The normalized spacial score (nSPS) is 25.2. The summed E-state index contributed by atoms with van der Waals surface area (Å²) in [6.07, 6.45) is 4.28. The lowest BCUT2D eigenvalue weighted by Crippen LogP contribution is -2.29. The fourth-order valence-electron chi connectivity index (χ4n) is 2.51. The summed E-state index contributed by atoms with van der Waals surface area (Å²) in [5.41, 5.74) is 0. The second-order valence-corrected chi connectivity index (χ2v) is 5.06. The van der Waals surface area contributed by atoms with Crippen LogP contribution in [-0.2, 0) is 9.53 Å². The van der Waals surface area contributed by atoms with E-state index < -0.39 is 12.1 Å². The third kappa shape index (κ3) is 5.33. The highest BCUT2D eigenvalue weighted by molar-refractivity contribution is 5.66. The highest BCUT2D eigenvalue weighted by Crippen LogP contribution is 2.28. The molecule has 1 aliphatic heterocycles. The molecule has 0 spiro atoms. The van der Waals surface area contributed by atoms with Crippen molar-refractivity contribution in [1.29, 1.82) is 0 Å². The quantitative estimate of drug-likeness (QED) is 0.539. The summed E-state index contributed by atoms with van der Waals surface area (Å²) < 4.78 is 5.35. The Kier molecular flexibility index (Phi) is 7.23. The van der Waals surface area contributed by atoms with Crippen molar-refractivity contribution in [1.82, 2.24) is 0 Å². The number of carboxylic acid groups (broad SMARTS) is 1. The zero-order valence-electron chi connectivity index (χ0n) is 10.8. The van der Waals surface area contributed by atoms with E-state index in [1.807, 2.05) is 0 Å². The molecule has 18 heavy (non-hydrogen) atoms. The summed E-state index contributed by atoms with van der Waals surface area (Å²) in [5.74, 6) is -0.356. The van der Waals surface area contributed by atoms with Gasteiger partial charge in [-0.3, -0.25) is 4.79 Å². The molecule has 0 radical (unpaired) electrons. The van der Waals surface area contributed by atoms with Crippen molar-refractivity contribution in [2.24, 2.45) is 11.8 Å². The molecule has 0 aromatic rings. The van der Waals surface area contributed by atoms with E-state index in [1.54, 1.807) is 0 Å². The van der Waals surface area contributed by atoms with Gasteiger partial charge in [0, 0.05) is 18.9 Å². The molecule has 1 unspecified atom stereocenters. The van der Waals surface area contributed by atoms with Gasteiger partial charge in [-0.2, -0.15) is 0 Å². The average molecular weight is 260 g/mol. The molecule has 0 aliphatic carbocycles. The summed E-state index contributed by atoms with van der Waals surface area (Å²) in [5, 5.41) is 27.1. The molecule has 5 heteroatoms. The van der Waals surface area contributed by atoms with Crippen LogP contribution in [0.15, 0.2) is 0 Å². The largest absolute Gasteiger partial charge is 0.481 e. The van der Waals surface area contributed by atoms with Crippen LogP contribution < -0.4 is 0 Å². The van der Waals surface area contributed by atoms with Gasteiger partial charge < -0.3 is 20.1 Å². The van der Waals surface area contributed by atoms with Crippen molar-refractivity contribution in [3.63, 3.8) is 0 Å². The van der Waals surface area contributed by atoms with E-state index in [0.29, 0.717) is 19.1 Å². The van der Waals surface area contributed by atoms with E-state index in [2.05, 4.69) is 0 Å². The Balaban J connectivity index is 2.09. The minimum atomic E-state index is -0.731. The molecule has 1 rings (SSSR count). The van der Waals surface area contributed by atoms with Gasteiger partial charge in [-0.1, -0.05) is 19.3 Å². The summed E-state index contributed by atoms with van der Waals surface area (Å²) in [6.45, 7) is 0.991. The number of aliphatic hydroxyl groups is 2. The monoisotopic (exact) mass is 260 g/mol. The maximum atomic E-state index is 10.3. The van der Waals surface area contributed by atoms with Crippen LogP contribution in [0.3, 0.4) is 0 Å². The number of aliphatic hydroxyl groups excluding tert-OH is 2. The van der Waals surface area contributed by atoms with Gasteiger partial charge in [-0.05, 0) is 18.8 Å². The molecule has 1 aliphatic rings. The van der Waals surface area contributed by atoms with Gasteiger partial charge in [0.05, 0.1) is 19.3 Å². The minimum Gasteiger partial charge on any atom is -0.481 e. The Morgan fingerprint density at radius 1 is 1.22 bits per heavy atom. The lowest BCUT2D eigenvalue weighted by Gasteiger charge is -2.21. The van der Waals surface area contributed by atoms with E-state index in [4.69, 9.17) is 14.9 Å². The van der Waals surface area contributed by atoms with Crippen LogP contribution in [0.1, 0.15) is 38.5 Å². The molecule has 3 atom stereocenters. The molecule has 0 aromatic carbocycles. The smallest absolute Gasteiger partial charge is 0.303 e. The first-order valence-electron chi connectivity index (χ1n) is 6.73. The SMILES string of the molecule is O=C(O)CCCCCC[C@@H]1COC[C@H]1C(O)CO. The van der Waals surface area contributed by atoms with Gasteiger partial charge in [0.25, 0.3) is 0 Å². The van der Waals surface area contributed by atoms with Crippen molar-refractivity contribution in [2.75, 3.05) is 19.8 Å². The Morgan fingerprint density at radius 2 is 1.94 bits per heavy atom. The molecule has 0 amide bonds. The Bertz CT molecular complexity index is 244. The highest BCUT2D eigenvalue weighted by Gasteiger charge is 2.32. The van der Waals surface area contributed by atoms with E-state index >= 15 is 0 Å². The molecule has 1 heterocycles. The van der Waals surface area contributed by atoms with Crippen LogP contribution >= 0.6 is 0 Å². The number of aliphatic carboxylic acids is 1. The van der Waals surface area contributed by atoms with Gasteiger partial charge in [-0.15, -0.1) is 0 Å². The third-order valence-corrected chi connectivity index (χ3v) is 3.64. The molecule has 0 bridgehead atoms. The van der Waals surface area contributed by atoms with Crippen LogP contribution in [0.4, 0.5) is 0 Å². The second kappa shape index (κ2) is 8.45. The number of hydrogen-bond acceptors (Lipinski definition) is 4. The van der Waals surface area contributed by atoms with Crippen LogP contribution in [0.2, 0.25) is 0 Å². The maximum Gasteiger partial charge on any atom is 0.303 e. The zero-order valence-corrected chi connectivity index (χ0v) is 10.8. The minimum absolute atomic E-state index is 0.0500. The Hall–Kier alpha value is -0.650.